The van der Waals surface area contributed by atoms with E-state index in [1.807, 2.05) is 0 Å². The van der Waals surface area contributed by atoms with E-state index in [1.54, 1.807) is 11.1 Å². The molecule has 2 aromatic carbocycles. The fourth-order valence-corrected chi connectivity index (χ4v) is 17.4. The van der Waals surface area contributed by atoms with Crippen LogP contribution in [-0.4, -0.2) is 0 Å². The van der Waals surface area contributed by atoms with E-state index in [1.165, 1.54) is 86.5 Å². The maximum absolute atomic E-state index is 2.82. The van der Waals surface area contributed by atoms with Crippen LogP contribution in [0.1, 0.15) is 171 Å². The fourth-order valence-electron chi connectivity index (χ4n) is 17.4. The number of rotatable bonds is 12. The molecule has 8 aliphatic rings. The zero-order valence-electron chi connectivity index (χ0n) is 47.3. The van der Waals surface area contributed by atoms with Crippen molar-refractivity contribution in [1.82, 2.24) is 0 Å². The van der Waals surface area contributed by atoms with Crippen molar-refractivity contribution in [2.45, 2.75) is 171 Å². The van der Waals surface area contributed by atoms with Crippen LogP contribution in [0.25, 0.3) is 0 Å². The van der Waals surface area contributed by atoms with Gasteiger partial charge < -0.3 is 0 Å². The number of hydrogen-bond acceptors (Lipinski definition) is 0. The van der Waals surface area contributed by atoms with Crippen molar-refractivity contribution in [1.29, 1.82) is 0 Å². The lowest BCUT2D eigenvalue weighted by atomic mass is 9.53. The highest BCUT2D eigenvalue weighted by Gasteiger charge is 2.61. The predicted octanol–water partition coefficient (Wildman–Crippen LogP) is 19.7. The molecule has 0 N–H and O–H groups in total. The van der Waals surface area contributed by atoms with Gasteiger partial charge in [0.2, 0.25) is 0 Å². The van der Waals surface area contributed by atoms with E-state index in [9.17, 15) is 0 Å². The highest BCUT2D eigenvalue weighted by Crippen LogP contribution is 2.67. The molecule has 2 aromatic rings. The Morgan fingerprint density at radius 3 is 0.875 bits per heavy atom. The van der Waals surface area contributed by atoms with E-state index in [-0.39, 0.29) is 32.5 Å². The van der Waals surface area contributed by atoms with Gasteiger partial charge in [-0.05, 0) is 177 Å². The van der Waals surface area contributed by atoms with Crippen molar-refractivity contribution in [3.05, 3.63) is 179 Å². The molecule has 0 heterocycles. The maximum Gasteiger partial charge on any atom is 0.00241 e. The molecule has 4 fully saturated rings. The third-order valence-corrected chi connectivity index (χ3v) is 20.9. The largest absolute Gasteiger partial charge is 0.0885 e. The second-order valence-electron chi connectivity index (χ2n) is 28.9. The van der Waals surface area contributed by atoms with Crippen LogP contribution in [0.2, 0.25) is 0 Å². The summed E-state index contributed by atoms with van der Waals surface area (Å²) in [5.74, 6) is 6.70. The van der Waals surface area contributed by atoms with Gasteiger partial charge in [-0.15, -0.1) is 0 Å². The molecule has 0 spiro atoms. The number of fused-ring (bicyclic) bond motifs is 6. The summed E-state index contributed by atoms with van der Waals surface area (Å²) in [5.41, 5.74) is 10.1. The molecule has 0 aliphatic heterocycles. The monoisotopic (exact) mass is 961 g/mol. The molecule has 10 atom stereocenters. The lowest BCUT2D eigenvalue weighted by Crippen LogP contribution is -2.46. The zero-order chi connectivity index (χ0) is 50.8. The lowest BCUT2D eigenvalue weighted by Gasteiger charge is -2.50. The Morgan fingerprint density at radius 1 is 0.361 bits per heavy atom. The topological polar surface area (TPSA) is 0 Å². The van der Waals surface area contributed by atoms with Crippen LogP contribution in [0.3, 0.4) is 0 Å². The maximum atomic E-state index is 2.82. The molecule has 8 aliphatic carbocycles. The summed E-state index contributed by atoms with van der Waals surface area (Å²) in [4.78, 5) is 0. The van der Waals surface area contributed by atoms with Crippen LogP contribution in [0.4, 0.5) is 0 Å². The minimum Gasteiger partial charge on any atom is -0.0885 e. The lowest BCUT2D eigenvalue weighted by molar-refractivity contribution is 0.107. The summed E-state index contributed by atoms with van der Waals surface area (Å²) < 4.78 is 0. The van der Waals surface area contributed by atoms with Gasteiger partial charge in [0.05, 0.1) is 0 Å². The molecular formula is C72H96. The van der Waals surface area contributed by atoms with Gasteiger partial charge in [0.15, 0.2) is 0 Å². The molecule has 0 bridgehead atoms. The highest BCUT2D eigenvalue weighted by molar-refractivity contribution is 5.45. The Labute approximate surface area is 440 Å². The molecule has 0 radical (unpaired) electrons. The highest BCUT2D eigenvalue weighted by atomic mass is 14.6. The average Bonchev–Trinajstić information content (AvgIpc) is 4.19. The summed E-state index contributed by atoms with van der Waals surface area (Å²) in [5, 5.41) is 0. The Hall–Kier alpha value is -3.90. The first kappa shape index (κ1) is 51.6. The molecule has 0 saturated heterocycles. The SMILES string of the molecule is CC(C)(C)C1=CC2C(C=C1)C1C=CC(C(C)(C)C)=CC1C2C(CC/C=C/CCC(c1ccccc1)(C1CCCC1)C1C2C=C(C(C)(C)C)C=CC2C2C=CC(C(C)(C)C)=CC21)(c1ccccc1)C1CCCC1. The Morgan fingerprint density at radius 2 is 0.625 bits per heavy atom. The van der Waals surface area contributed by atoms with Gasteiger partial charge in [0.1, 0.15) is 0 Å². The van der Waals surface area contributed by atoms with Crippen LogP contribution in [0, 0.1) is 92.7 Å². The van der Waals surface area contributed by atoms with Crippen LogP contribution in [0.5, 0.6) is 0 Å². The molecule has 72 heavy (non-hydrogen) atoms. The second kappa shape index (κ2) is 19.7. The Kier molecular flexibility index (Phi) is 14.1. The molecule has 0 heteroatoms. The standard InChI is InChI=1S/C72H96/c1-67(2,3)53-35-39-57-58-40-36-54(68(4,5)6)46-62(58)65(61(57)45-53)71(51-31-21-22-32-51,49-27-17-15-18-28-49)43-25-13-14-26-44-72(52-33-23-24-34-52,50-29-19-16-20-30-50)66-63-47-55(69(7,8)9)37-41-59(63)60-42-38-56(48-64(60)66)70(10,11)12/h13-20,27-30,35-42,45-48,51-52,57-66H,21-26,31-34,43-44H2,1-12H3/b14-13+. The minimum atomic E-state index is 0.0858. The van der Waals surface area contributed by atoms with Crippen molar-refractivity contribution in [2.75, 3.05) is 0 Å². The third kappa shape index (κ3) is 9.35. The van der Waals surface area contributed by atoms with Gasteiger partial charge in [0, 0.05) is 10.8 Å². The van der Waals surface area contributed by atoms with Gasteiger partial charge in [-0.2, -0.15) is 0 Å². The molecule has 10 unspecified atom stereocenters. The van der Waals surface area contributed by atoms with Gasteiger partial charge in [0.25, 0.3) is 0 Å². The van der Waals surface area contributed by atoms with E-state index >= 15 is 0 Å². The van der Waals surface area contributed by atoms with Crippen LogP contribution < -0.4 is 0 Å². The summed E-state index contributed by atoms with van der Waals surface area (Å²) >= 11 is 0. The van der Waals surface area contributed by atoms with Gasteiger partial charge >= 0.3 is 0 Å². The molecule has 10 rings (SSSR count). The molecule has 0 amide bonds. The van der Waals surface area contributed by atoms with Crippen molar-refractivity contribution in [2.24, 2.45) is 92.7 Å². The number of hydrogen-bond donors (Lipinski definition) is 0. The minimum absolute atomic E-state index is 0.0858. The van der Waals surface area contributed by atoms with Crippen molar-refractivity contribution in [3.63, 3.8) is 0 Å². The second-order valence-corrected chi connectivity index (χ2v) is 28.9. The number of benzene rings is 2. The molecular weight excluding hydrogens is 865 g/mol. The number of allylic oxidation sites excluding steroid dienone is 18. The smallest absolute Gasteiger partial charge is 0.00241 e. The van der Waals surface area contributed by atoms with E-state index in [2.05, 4.69) is 229 Å². The molecule has 384 valence electrons. The van der Waals surface area contributed by atoms with Crippen LogP contribution in [0.15, 0.2) is 168 Å². The van der Waals surface area contributed by atoms with Crippen molar-refractivity contribution < 1.29 is 0 Å². The third-order valence-electron chi connectivity index (χ3n) is 20.9. The predicted molar refractivity (Wildman–Crippen MR) is 309 cm³/mol. The summed E-state index contributed by atoms with van der Waals surface area (Å²) in [6, 6.07) is 24.3. The summed E-state index contributed by atoms with van der Waals surface area (Å²) in [7, 11) is 0. The molecule has 4 saturated carbocycles. The summed E-state index contributed by atoms with van der Waals surface area (Å²) in [6.45, 7) is 29.2. The van der Waals surface area contributed by atoms with E-state index in [4.69, 9.17) is 0 Å². The first-order chi connectivity index (χ1) is 34.2. The molecule has 0 nitrogen and oxygen atoms in total. The van der Waals surface area contributed by atoms with Crippen LogP contribution >= 0.6 is 0 Å². The van der Waals surface area contributed by atoms with Gasteiger partial charge in [-0.3, -0.25) is 0 Å². The average molecular weight is 962 g/mol. The van der Waals surface area contributed by atoms with Crippen molar-refractivity contribution in [3.8, 4) is 0 Å². The Bertz CT molecular complexity index is 2240. The van der Waals surface area contributed by atoms with E-state index in [0.29, 0.717) is 71.0 Å². The zero-order valence-corrected chi connectivity index (χ0v) is 47.3. The van der Waals surface area contributed by atoms with Gasteiger partial charge in [-0.1, -0.05) is 254 Å². The fraction of sp³-hybridized carbons (Fsp3) is 0.583. The summed E-state index contributed by atoms with van der Waals surface area (Å²) in [6.07, 6.45) is 53.2. The molecule has 0 aromatic heterocycles. The normalized spacial score (nSPS) is 32.4. The quantitative estimate of drug-likeness (QED) is 0.186. The van der Waals surface area contributed by atoms with Gasteiger partial charge in [-0.25, -0.2) is 0 Å². The van der Waals surface area contributed by atoms with Crippen LogP contribution in [-0.2, 0) is 10.8 Å². The van der Waals surface area contributed by atoms with E-state index < -0.39 is 0 Å². The van der Waals surface area contributed by atoms with E-state index in [0.717, 1.165) is 12.8 Å². The van der Waals surface area contributed by atoms with Crippen molar-refractivity contribution >= 4 is 0 Å². The first-order valence-electron chi connectivity index (χ1n) is 29.6. The Balaban J connectivity index is 1.04. The first-order valence-corrected chi connectivity index (χ1v) is 29.6.